The van der Waals surface area contributed by atoms with E-state index in [0.717, 1.165) is 0 Å². The van der Waals surface area contributed by atoms with Gasteiger partial charge in [-0.2, -0.15) is 8.78 Å². The minimum absolute atomic E-state index is 0.0789. The summed E-state index contributed by atoms with van der Waals surface area (Å²) in [7, 11) is 0. The maximum absolute atomic E-state index is 12.4. The molecule has 1 aromatic carbocycles. The zero-order valence-electron chi connectivity index (χ0n) is 12.6. The Morgan fingerprint density at radius 1 is 1.43 bits per heavy atom. The fourth-order valence-electron chi connectivity index (χ4n) is 1.77. The van der Waals surface area contributed by atoms with Gasteiger partial charge in [-0.25, -0.2) is 0 Å². The Labute approximate surface area is 136 Å². The average molecular weight is 342 g/mol. The predicted molar refractivity (Wildman–Crippen MR) is 82.7 cm³/mol. The van der Waals surface area contributed by atoms with Crippen LogP contribution in [0, 0.1) is 0 Å². The van der Waals surface area contributed by atoms with Gasteiger partial charge in [0.05, 0.1) is 10.9 Å². The molecule has 1 heterocycles. The number of ether oxygens (including phenoxy) is 1. The number of aryl methyl sites for hydroxylation is 1. The summed E-state index contributed by atoms with van der Waals surface area (Å²) in [6.45, 7) is 1.37. The van der Waals surface area contributed by atoms with Crippen molar-refractivity contribution in [2.75, 3.05) is 5.32 Å². The van der Waals surface area contributed by atoms with Gasteiger partial charge in [0.1, 0.15) is 12.1 Å². The first-order valence-electron chi connectivity index (χ1n) is 6.90. The number of nitrogens with zero attached hydrogens (tertiary/aromatic N) is 3. The third-order valence-corrected chi connectivity index (χ3v) is 4.03. The van der Waals surface area contributed by atoms with Crippen LogP contribution in [0.2, 0.25) is 0 Å². The largest absolute Gasteiger partial charge is 0.433 e. The van der Waals surface area contributed by atoms with Crippen LogP contribution in [0.4, 0.5) is 14.5 Å². The molecule has 0 saturated heterocycles. The Hall–Kier alpha value is -2.16. The highest BCUT2D eigenvalue weighted by Crippen LogP contribution is 2.27. The molecule has 2 aromatic rings. The lowest BCUT2D eigenvalue weighted by atomic mass is 10.3. The molecule has 124 valence electrons. The summed E-state index contributed by atoms with van der Waals surface area (Å²) in [5, 5.41) is 10.5. The Bertz CT molecular complexity index is 666. The van der Waals surface area contributed by atoms with E-state index in [9.17, 15) is 13.6 Å². The van der Waals surface area contributed by atoms with Gasteiger partial charge in [0, 0.05) is 6.54 Å². The number of nitrogens with one attached hydrogen (secondary N) is 1. The zero-order valence-corrected chi connectivity index (χ0v) is 13.4. The van der Waals surface area contributed by atoms with E-state index in [1.54, 1.807) is 25.4 Å². The fraction of sp³-hybridized carbons (Fsp3) is 0.357. The maximum Gasteiger partial charge on any atom is 0.387 e. The second-order valence-electron chi connectivity index (χ2n) is 4.52. The molecule has 1 aromatic heterocycles. The van der Waals surface area contributed by atoms with Crippen LogP contribution in [0.1, 0.15) is 13.8 Å². The number of amides is 1. The highest BCUT2D eigenvalue weighted by Gasteiger charge is 2.19. The summed E-state index contributed by atoms with van der Waals surface area (Å²) in [6, 6.07) is 6.05. The van der Waals surface area contributed by atoms with Crippen molar-refractivity contribution in [3.63, 3.8) is 0 Å². The first kappa shape index (κ1) is 17.2. The van der Waals surface area contributed by atoms with Gasteiger partial charge in [-0.05, 0) is 26.0 Å². The summed E-state index contributed by atoms with van der Waals surface area (Å²) in [6.07, 6.45) is 1.58. The van der Waals surface area contributed by atoms with Crippen molar-refractivity contribution in [3.8, 4) is 5.75 Å². The minimum Gasteiger partial charge on any atom is -0.433 e. The van der Waals surface area contributed by atoms with Gasteiger partial charge in [0.15, 0.2) is 5.16 Å². The first-order chi connectivity index (χ1) is 11.0. The Morgan fingerprint density at radius 3 is 2.87 bits per heavy atom. The summed E-state index contributed by atoms with van der Waals surface area (Å²) in [4.78, 5) is 12.2. The molecule has 0 radical (unpaired) electrons. The van der Waals surface area contributed by atoms with E-state index in [2.05, 4.69) is 20.3 Å². The van der Waals surface area contributed by atoms with E-state index >= 15 is 0 Å². The molecule has 0 unspecified atom stereocenters. The second kappa shape index (κ2) is 7.91. The molecule has 0 aliphatic rings. The number of halogens is 2. The van der Waals surface area contributed by atoms with Crippen molar-refractivity contribution in [2.24, 2.45) is 0 Å². The third-order valence-electron chi connectivity index (χ3n) is 2.93. The molecule has 1 atom stereocenters. The smallest absolute Gasteiger partial charge is 0.387 e. The number of benzene rings is 1. The van der Waals surface area contributed by atoms with Gasteiger partial charge in [-0.15, -0.1) is 10.2 Å². The van der Waals surface area contributed by atoms with Gasteiger partial charge < -0.3 is 14.6 Å². The van der Waals surface area contributed by atoms with Crippen LogP contribution in [0.5, 0.6) is 5.75 Å². The summed E-state index contributed by atoms with van der Waals surface area (Å²) < 4.78 is 30.9. The molecule has 0 aliphatic heterocycles. The van der Waals surface area contributed by atoms with Crippen LogP contribution in [0.3, 0.4) is 0 Å². The number of alkyl halides is 2. The molecule has 23 heavy (non-hydrogen) atoms. The van der Waals surface area contributed by atoms with Crippen LogP contribution in [-0.4, -0.2) is 32.5 Å². The number of aromatic nitrogens is 3. The summed E-state index contributed by atoms with van der Waals surface area (Å²) in [5.41, 5.74) is 0.196. The Morgan fingerprint density at radius 2 is 2.17 bits per heavy atom. The van der Waals surface area contributed by atoms with E-state index in [0.29, 0.717) is 11.7 Å². The zero-order chi connectivity index (χ0) is 16.8. The van der Waals surface area contributed by atoms with Crippen LogP contribution < -0.4 is 10.1 Å². The van der Waals surface area contributed by atoms with E-state index in [-0.39, 0.29) is 17.3 Å². The van der Waals surface area contributed by atoms with E-state index in [1.165, 1.54) is 23.9 Å². The monoisotopic (exact) mass is 342 g/mol. The van der Waals surface area contributed by atoms with Gasteiger partial charge in [-0.3, -0.25) is 4.79 Å². The molecular weight excluding hydrogens is 326 g/mol. The Balaban J connectivity index is 2.04. The van der Waals surface area contributed by atoms with E-state index in [4.69, 9.17) is 0 Å². The first-order valence-corrected chi connectivity index (χ1v) is 7.78. The van der Waals surface area contributed by atoms with Crippen LogP contribution in [0.25, 0.3) is 0 Å². The third kappa shape index (κ3) is 4.65. The maximum atomic E-state index is 12.4. The molecule has 2 rings (SSSR count). The number of rotatable bonds is 7. The molecule has 1 N–H and O–H groups in total. The Kier molecular flexibility index (Phi) is 5.91. The lowest BCUT2D eigenvalue weighted by molar-refractivity contribution is -0.115. The molecule has 1 amide bonds. The van der Waals surface area contributed by atoms with Gasteiger partial charge in [-0.1, -0.05) is 23.9 Å². The van der Waals surface area contributed by atoms with Gasteiger partial charge in [0.2, 0.25) is 5.91 Å². The molecular formula is C14H16F2N4O2S. The minimum atomic E-state index is -2.96. The predicted octanol–water partition coefficient (Wildman–Crippen LogP) is 3.02. The molecule has 0 spiro atoms. The van der Waals surface area contributed by atoms with Crippen molar-refractivity contribution < 1.29 is 18.3 Å². The number of carbonyl (C=O) groups is 1. The molecule has 0 aliphatic carbocycles. The average Bonchev–Trinajstić information content (AvgIpc) is 2.95. The summed E-state index contributed by atoms with van der Waals surface area (Å²) >= 11 is 1.24. The van der Waals surface area contributed by atoms with Gasteiger partial charge in [0.25, 0.3) is 0 Å². The quantitative estimate of drug-likeness (QED) is 0.783. The lowest BCUT2D eigenvalue weighted by Crippen LogP contribution is -2.23. The summed E-state index contributed by atoms with van der Waals surface area (Å²) in [5.74, 6) is -0.421. The molecule has 0 fully saturated rings. The van der Waals surface area contributed by atoms with Crippen LogP contribution in [-0.2, 0) is 11.3 Å². The highest BCUT2D eigenvalue weighted by atomic mass is 32.2. The standard InChI is InChI=1S/C14H16F2N4O2S/c1-3-20-8-17-19-14(20)23-9(2)12(21)18-10-6-4-5-7-11(10)22-13(15)16/h4-9,13H,3H2,1-2H3,(H,18,21)/t9-/m1/s1. The number of carbonyl (C=O) groups excluding carboxylic acids is 1. The number of thioether (sulfide) groups is 1. The molecule has 6 nitrogen and oxygen atoms in total. The second-order valence-corrected chi connectivity index (χ2v) is 5.83. The van der Waals surface area contributed by atoms with Crippen molar-refractivity contribution in [2.45, 2.75) is 37.4 Å². The van der Waals surface area contributed by atoms with Crippen LogP contribution >= 0.6 is 11.8 Å². The van der Waals surface area contributed by atoms with Gasteiger partial charge >= 0.3 is 6.61 Å². The number of hydrogen-bond acceptors (Lipinski definition) is 5. The molecule has 0 bridgehead atoms. The van der Waals surface area contributed by atoms with E-state index < -0.39 is 11.9 Å². The molecule has 9 heteroatoms. The van der Waals surface area contributed by atoms with Crippen molar-refractivity contribution in [1.29, 1.82) is 0 Å². The fourth-order valence-corrected chi connectivity index (χ4v) is 2.66. The number of para-hydroxylation sites is 2. The van der Waals surface area contributed by atoms with E-state index in [1.807, 2.05) is 11.5 Å². The highest BCUT2D eigenvalue weighted by molar-refractivity contribution is 8.00. The van der Waals surface area contributed by atoms with Crippen molar-refractivity contribution in [1.82, 2.24) is 14.8 Å². The van der Waals surface area contributed by atoms with Crippen molar-refractivity contribution >= 4 is 23.4 Å². The number of anilines is 1. The van der Waals surface area contributed by atoms with Crippen LogP contribution in [0.15, 0.2) is 35.7 Å². The lowest BCUT2D eigenvalue weighted by Gasteiger charge is -2.14. The normalized spacial score (nSPS) is 12.2. The SMILES string of the molecule is CCn1cnnc1S[C@H](C)C(=O)Nc1ccccc1OC(F)F. The number of hydrogen-bond donors (Lipinski definition) is 1. The van der Waals surface area contributed by atoms with Crippen molar-refractivity contribution in [3.05, 3.63) is 30.6 Å². The molecule has 0 saturated carbocycles. The topological polar surface area (TPSA) is 69.0 Å².